The number of rotatable bonds is 5. The van der Waals surface area contributed by atoms with Crippen molar-refractivity contribution in [1.82, 2.24) is 9.80 Å². The molecule has 1 spiro atoms. The van der Waals surface area contributed by atoms with Crippen molar-refractivity contribution in [3.8, 4) is 0 Å². The lowest BCUT2D eigenvalue weighted by Crippen LogP contribution is -2.38. The molecule has 178 valence electrons. The molecule has 2 aliphatic heterocycles. The van der Waals surface area contributed by atoms with Gasteiger partial charge in [0.15, 0.2) is 0 Å². The van der Waals surface area contributed by atoms with E-state index < -0.39 is 12.1 Å². The molecule has 1 aromatic carbocycles. The quantitative estimate of drug-likeness (QED) is 0.735. The summed E-state index contributed by atoms with van der Waals surface area (Å²) in [6, 6.07) is 7.97. The number of carbonyl (C=O) groups is 2. The summed E-state index contributed by atoms with van der Waals surface area (Å²) < 4.78 is 37.8. The Hall–Kier alpha value is -2.13. The standard InChI is InChI=1S/C21H30N2O2.C2HF3O2/c1-16-4-3-5-18(10-16)20(24)23-9-8-21(15-23)14-22(2)11-19(21)13-25-12-17-6-7-17;3-2(4,5)1(6)7/h3-5,10,17,19H,6-9,11-15H2,1-2H3;(H,6,7)/t19-,21+;/m0./s1. The monoisotopic (exact) mass is 456 g/mol. The minimum Gasteiger partial charge on any atom is -0.475 e. The molecule has 6 nitrogen and oxygen atoms in total. The van der Waals surface area contributed by atoms with Crippen molar-refractivity contribution in [1.29, 1.82) is 0 Å². The molecule has 9 heteroatoms. The Labute approximate surface area is 186 Å². The van der Waals surface area contributed by atoms with E-state index in [2.05, 4.69) is 16.8 Å². The van der Waals surface area contributed by atoms with E-state index in [-0.39, 0.29) is 11.3 Å². The molecule has 1 amide bonds. The number of likely N-dealkylation sites (tertiary alicyclic amines) is 2. The predicted octanol–water partition coefficient (Wildman–Crippen LogP) is 3.45. The van der Waals surface area contributed by atoms with Crippen molar-refractivity contribution in [3.05, 3.63) is 35.4 Å². The average molecular weight is 457 g/mol. The van der Waals surface area contributed by atoms with Crippen molar-refractivity contribution in [2.45, 2.75) is 32.4 Å². The van der Waals surface area contributed by atoms with Crippen LogP contribution in [0, 0.1) is 24.2 Å². The van der Waals surface area contributed by atoms with Crippen molar-refractivity contribution in [3.63, 3.8) is 0 Å². The zero-order chi connectivity index (χ0) is 23.5. The summed E-state index contributed by atoms with van der Waals surface area (Å²) in [5.41, 5.74) is 2.19. The van der Waals surface area contributed by atoms with E-state index in [1.165, 1.54) is 12.8 Å². The number of carbonyl (C=O) groups excluding carboxylic acids is 1. The highest BCUT2D eigenvalue weighted by Crippen LogP contribution is 2.44. The van der Waals surface area contributed by atoms with E-state index in [1.807, 2.05) is 31.2 Å². The first kappa shape index (κ1) is 24.5. The lowest BCUT2D eigenvalue weighted by molar-refractivity contribution is -0.192. The summed E-state index contributed by atoms with van der Waals surface area (Å²) in [6.07, 6.45) is -1.30. The molecule has 32 heavy (non-hydrogen) atoms. The molecule has 1 saturated carbocycles. The van der Waals surface area contributed by atoms with Crippen LogP contribution in [0.25, 0.3) is 0 Å². The van der Waals surface area contributed by atoms with Gasteiger partial charge in [-0.25, -0.2) is 4.79 Å². The third-order valence-corrected chi connectivity index (χ3v) is 6.53. The second-order valence-corrected chi connectivity index (χ2v) is 9.39. The van der Waals surface area contributed by atoms with Crippen molar-refractivity contribution < 1.29 is 32.6 Å². The summed E-state index contributed by atoms with van der Waals surface area (Å²) in [6.45, 7) is 7.76. The number of ether oxygens (including phenoxy) is 1. The zero-order valence-corrected chi connectivity index (χ0v) is 18.5. The summed E-state index contributed by atoms with van der Waals surface area (Å²) >= 11 is 0. The SMILES string of the molecule is Cc1cccc(C(=O)N2CC[C@@]3(CN(C)C[C@H]3COCC3CC3)C2)c1.O=C(O)C(F)(F)F. The lowest BCUT2D eigenvalue weighted by atomic mass is 9.77. The van der Waals surface area contributed by atoms with Gasteiger partial charge in [0.1, 0.15) is 0 Å². The van der Waals surface area contributed by atoms with Gasteiger partial charge in [-0.1, -0.05) is 17.7 Å². The molecule has 0 bridgehead atoms. The van der Waals surface area contributed by atoms with Crippen molar-refractivity contribution in [2.24, 2.45) is 17.3 Å². The van der Waals surface area contributed by atoms with Gasteiger partial charge in [0.05, 0.1) is 6.61 Å². The van der Waals surface area contributed by atoms with Crippen LogP contribution >= 0.6 is 0 Å². The average Bonchev–Trinajstić information content (AvgIpc) is 3.36. The van der Waals surface area contributed by atoms with Crippen LogP contribution in [-0.2, 0) is 9.53 Å². The number of benzene rings is 1. The van der Waals surface area contributed by atoms with Gasteiger partial charge >= 0.3 is 12.1 Å². The second-order valence-electron chi connectivity index (χ2n) is 9.39. The smallest absolute Gasteiger partial charge is 0.475 e. The van der Waals surface area contributed by atoms with E-state index in [4.69, 9.17) is 14.6 Å². The van der Waals surface area contributed by atoms with E-state index in [0.29, 0.717) is 5.92 Å². The number of carboxylic acid groups (broad SMARTS) is 1. The summed E-state index contributed by atoms with van der Waals surface area (Å²) in [5.74, 6) is -1.20. The minimum atomic E-state index is -5.08. The largest absolute Gasteiger partial charge is 0.490 e. The summed E-state index contributed by atoms with van der Waals surface area (Å²) in [5, 5.41) is 7.12. The van der Waals surface area contributed by atoms with Gasteiger partial charge in [0.25, 0.3) is 5.91 Å². The molecular formula is C23H31F3N2O4. The number of nitrogens with zero attached hydrogens (tertiary/aromatic N) is 2. The van der Waals surface area contributed by atoms with Crippen LogP contribution in [0.2, 0.25) is 0 Å². The summed E-state index contributed by atoms with van der Waals surface area (Å²) in [4.78, 5) is 26.3. The molecule has 0 aromatic heterocycles. The Morgan fingerprint density at radius 3 is 2.50 bits per heavy atom. The lowest BCUT2D eigenvalue weighted by Gasteiger charge is -2.30. The van der Waals surface area contributed by atoms with Crippen LogP contribution in [0.15, 0.2) is 24.3 Å². The molecule has 4 rings (SSSR count). The molecule has 0 radical (unpaired) electrons. The zero-order valence-electron chi connectivity index (χ0n) is 18.5. The number of amides is 1. The molecule has 1 aliphatic carbocycles. The number of hydrogen-bond acceptors (Lipinski definition) is 4. The first-order valence-corrected chi connectivity index (χ1v) is 10.9. The number of halogens is 3. The normalized spacial score (nSPS) is 25.7. The molecule has 2 atom stereocenters. The maximum absolute atomic E-state index is 12.9. The molecule has 2 saturated heterocycles. The third-order valence-electron chi connectivity index (χ3n) is 6.53. The molecule has 1 aromatic rings. The van der Waals surface area contributed by atoms with E-state index in [1.54, 1.807) is 0 Å². The van der Waals surface area contributed by atoms with Crippen LogP contribution in [0.5, 0.6) is 0 Å². The van der Waals surface area contributed by atoms with E-state index in [0.717, 1.165) is 62.9 Å². The fraction of sp³-hybridized carbons (Fsp3) is 0.652. The summed E-state index contributed by atoms with van der Waals surface area (Å²) in [7, 11) is 2.20. The Kier molecular flexibility index (Phi) is 7.50. The van der Waals surface area contributed by atoms with Gasteiger partial charge in [-0.3, -0.25) is 4.79 Å². The van der Waals surface area contributed by atoms with Gasteiger partial charge in [0.2, 0.25) is 0 Å². The molecule has 3 aliphatic rings. The second kappa shape index (κ2) is 9.79. The number of aliphatic carboxylic acids is 1. The van der Waals surface area contributed by atoms with Crippen LogP contribution in [0.3, 0.4) is 0 Å². The molecule has 1 N–H and O–H groups in total. The highest BCUT2D eigenvalue weighted by Gasteiger charge is 2.50. The highest BCUT2D eigenvalue weighted by molar-refractivity contribution is 5.94. The number of alkyl halides is 3. The number of aryl methyl sites for hydroxylation is 1. The molecule has 0 unspecified atom stereocenters. The van der Waals surface area contributed by atoms with Crippen molar-refractivity contribution >= 4 is 11.9 Å². The fourth-order valence-corrected chi connectivity index (χ4v) is 4.68. The van der Waals surface area contributed by atoms with Gasteiger partial charge in [-0.05, 0) is 51.3 Å². The first-order chi connectivity index (χ1) is 15.0. The van der Waals surface area contributed by atoms with Crippen LogP contribution < -0.4 is 0 Å². The van der Waals surface area contributed by atoms with E-state index >= 15 is 0 Å². The maximum Gasteiger partial charge on any atom is 0.490 e. The van der Waals surface area contributed by atoms with Gasteiger partial charge < -0.3 is 19.6 Å². The van der Waals surface area contributed by atoms with Crippen LogP contribution in [-0.4, -0.2) is 79.4 Å². The Morgan fingerprint density at radius 1 is 1.22 bits per heavy atom. The molecule has 3 fully saturated rings. The van der Waals surface area contributed by atoms with Gasteiger partial charge in [0, 0.05) is 49.7 Å². The Balaban J connectivity index is 0.000000360. The number of carboxylic acids is 1. The Morgan fingerprint density at radius 2 is 1.91 bits per heavy atom. The topological polar surface area (TPSA) is 70.1 Å². The van der Waals surface area contributed by atoms with Gasteiger partial charge in [-0.2, -0.15) is 13.2 Å². The van der Waals surface area contributed by atoms with Gasteiger partial charge in [-0.15, -0.1) is 0 Å². The van der Waals surface area contributed by atoms with E-state index in [9.17, 15) is 18.0 Å². The first-order valence-electron chi connectivity index (χ1n) is 10.9. The van der Waals surface area contributed by atoms with Crippen LogP contribution in [0.4, 0.5) is 13.2 Å². The van der Waals surface area contributed by atoms with Crippen molar-refractivity contribution in [2.75, 3.05) is 46.4 Å². The predicted molar refractivity (Wildman–Crippen MR) is 112 cm³/mol. The molecular weight excluding hydrogens is 425 g/mol. The minimum absolute atomic E-state index is 0.188. The highest BCUT2D eigenvalue weighted by atomic mass is 19.4. The third kappa shape index (κ3) is 6.22. The molecule has 2 heterocycles. The number of hydrogen-bond donors (Lipinski definition) is 1. The van der Waals surface area contributed by atoms with Crippen LogP contribution in [0.1, 0.15) is 35.2 Å². The fourth-order valence-electron chi connectivity index (χ4n) is 4.68. The maximum atomic E-state index is 12.9. The Bertz CT molecular complexity index is 828.